The van der Waals surface area contributed by atoms with Crippen molar-refractivity contribution in [3.63, 3.8) is 0 Å². The number of nitriles is 1. The maximum atomic E-state index is 9.56. The van der Waals surface area contributed by atoms with Gasteiger partial charge in [-0.2, -0.15) is 5.26 Å². The van der Waals surface area contributed by atoms with Crippen molar-refractivity contribution in [1.29, 1.82) is 5.26 Å². The molecular formula is C15H19ClN2. The van der Waals surface area contributed by atoms with E-state index in [4.69, 9.17) is 11.6 Å². The lowest BCUT2D eigenvalue weighted by atomic mass is 9.72. The Morgan fingerprint density at radius 2 is 2.00 bits per heavy atom. The van der Waals surface area contributed by atoms with Gasteiger partial charge in [0.25, 0.3) is 0 Å². The first-order valence-corrected chi connectivity index (χ1v) is 6.86. The normalized spacial score (nSPS) is 31.7. The van der Waals surface area contributed by atoms with Crippen LogP contribution in [-0.2, 0) is 0 Å². The van der Waals surface area contributed by atoms with Crippen LogP contribution in [0.4, 0.5) is 5.69 Å². The van der Waals surface area contributed by atoms with Crippen LogP contribution >= 0.6 is 11.6 Å². The summed E-state index contributed by atoms with van der Waals surface area (Å²) in [6, 6.07) is 10.1. The molecular weight excluding hydrogens is 244 g/mol. The van der Waals surface area contributed by atoms with E-state index in [0.717, 1.165) is 18.5 Å². The molecule has 1 fully saturated rings. The van der Waals surface area contributed by atoms with Crippen molar-refractivity contribution >= 4 is 17.3 Å². The molecule has 96 valence electrons. The number of anilines is 1. The minimum atomic E-state index is -0.443. The van der Waals surface area contributed by atoms with Crippen LogP contribution in [0, 0.1) is 23.2 Å². The summed E-state index contributed by atoms with van der Waals surface area (Å²) in [6.45, 7) is 4.45. The number of nitrogens with zero attached hydrogens (tertiary/aromatic N) is 1. The number of nitrogens with one attached hydrogen (secondary N) is 1. The Labute approximate surface area is 114 Å². The van der Waals surface area contributed by atoms with Crippen LogP contribution in [0.2, 0.25) is 5.02 Å². The second-order valence-corrected chi connectivity index (χ2v) is 6.12. The van der Waals surface area contributed by atoms with Crippen LogP contribution in [0.5, 0.6) is 0 Å². The zero-order valence-corrected chi connectivity index (χ0v) is 11.7. The quantitative estimate of drug-likeness (QED) is 0.854. The molecule has 2 rings (SSSR count). The molecule has 0 radical (unpaired) electrons. The van der Waals surface area contributed by atoms with Gasteiger partial charge in [-0.1, -0.05) is 31.5 Å². The van der Waals surface area contributed by atoms with Gasteiger partial charge in [-0.3, -0.25) is 0 Å². The number of hydrogen-bond acceptors (Lipinski definition) is 2. The molecule has 0 aliphatic heterocycles. The van der Waals surface area contributed by atoms with Gasteiger partial charge >= 0.3 is 0 Å². The Hall–Kier alpha value is -1.20. The van der Waals surface area contributed by atoms with Crippen molar-refractivity contribution in [3.05, 3.63) is 29.3 Å². The first kappa shape index (κ1) is 13.2. The lowest BCUT2D eigenvalue weighted by molar-refractivity contribution is 0.240. The van der Waals surface area contributed by atoms with E-state index in [-0.39, 0.29) is 0 Å². The SMILES string of the molecule is CC1CC(C)CC(C#N)(Nc2cccc(Cl)c2)C1. The molecule has 0 amide bonds. The molecule has 1 N–H and O–H groups in total. The van der Waals surface area contributed by atoms with Crippen LogP contribution in [0.15, 0.2) is 24.3 Å². The third-order valence-corrected chi connectivity index (χ3v) is 3.86. The average Bonchev–Trinajstić information content (AvgIpc) is 2.27. The van der Waals surface area contributed by atoms with Crippen molar-refractivity contribution in [2.45, 2.75) is 38.6 Å². The summed E-state index contributed by atoms with van der Waals surface area (Å²) in [5, 5.41) is 13.7. The molecule has 0 heterocycles. The molecule has 3 heteroatoms. The Bertz CT molecular complexity index is 454. The number of benzene rings is 1. The molecule has 0 spiro atoms. The fourth-order valence-corrected chi connectivity index (χ4v) is 3.38. The van der Waals surface area contributed by atoms with E-state index in [9.17, 15) is 5.26 Å². The number of halogens is 1. The summed E-state index contributed by atoms with van der Waals surface area (Å²) in [7, 11) is 0. The van der Waals surface area contributed by atoms with Gasteiger partial charge in [-0.05, 0) is 49.3 Å². The van der Waals surface area contributed by atoms with Gasteiger partial charge in [0.1, 0.15) is 5.54 Å². The van der Waals surface area contributed by atoms with E-state index in [1.165, 1.54) is 6.42 Å². The Kier molecular flexibility index (Phi) is 3.82. The van der Waals surface area contributed by atoms with Crippen molar-refractivity contribution in [1.82, 2.24) is 0 Å². The lowest BCUT2D eigenvalue weighted by Gasteiger charge is -2.39. The van der Waals surface area contributed by atoms with Gasteiger partial charge in [-0.25, -0.2) is 0 Å². The number of rotatable bonds is 2. The summed E-state index contributed by atoms with van der Waals surface area (Å²) in [5.74, 6) is 1.17. The fraction of sp³-hybridized carbons (Fsp3) is 0.533. The van der Waals surface area contributed by atoms with Crippen molar-refractivity contribution < 1.29 is 0 Å². The van der Waals surface area contributed by atoms with E-state index in [1.54, 1.807) is 0 Å². The highest BCUT2D eigenvalue weighted by molar-refractivity contribution is 6.30. The largest absolute Gasteiger partial charge is 0.367 e. The van der Waals surface area contributed by atoms with Crippen molar-refractivity contribution in [2.75, 3.05) is 5.32 Å². The molecule has 1 aliphatic rings. The highest BCUT2D eigenvalue weighted by atomic mass is 35.5. The van der Waals surface area contributed by atoms with Crippen molar-refractivity contribution in [2.24, 2.45) is 11.8 Å². The van der Waals surface area contributed by atoms with Gasteiger partial charge in [0.15, 0.2) is 0 Å². The predicted molar refractivity (Wildman–Crippen MR) is 75.6 cm³/mol. The van der Waals surface area contributed by atoms with Gasteiger partial charge in [0, 0.05) is 10.7 Å². The maximum Gasteiger partial charge on any atom is 0.125 e. The van der Waals surface area contributed by atoms with Crippen LogP contribution in [0.1, 0.15) is 33.1 Å². The fourth-order valence-electron chi connectivity index (χ4n) is 3.19. The standard InChI is InChI=1S/C15H19ClN2/c1-11-6-12(2)9-15(8-11,10-17)18-14-5-3-4-13(16)7-14/h3-5,7,11-12,18H,6,8-9H2,1-2H3. The zero-order valence-electron chi connectivity index (χ0n) is 10.9. The third kappa shape index (κ3) is 2.97. The monoisotopic (exact) mass is 262 g/mol. The van der Waals surface area contributed by atoms with Gasteiger partial charge < -0.3 is 5.32 Å². The molecule has 2 atom stereocenters. The first-order chi connectivity index (χ1) is 8.53. The van der Waals surface area contributed by atoms with E-state index in [2.05, 4.69) is 25.2 Å². The minimum absolute atomic E-state index is 0.443. The second-order valence-electron chi connectivity index (χ2n) is 5.68. The van der Waals surface area contributed by atoms with Crippen LogP contribution in [0.25, 0.3) is 0 Å². The lowest BCUT2D eigenvalue weighted by Crippen LogP contribution is -2.43. The topological polar surface area (TPSA) is 35.8 Å². The molecule has 18 heavy (non-hydrogen) atoms. The highest BCUT2D eigenvalue weighted by Gasteiger charge is 2.38. The zero-order chi connectivity index (χ0) is 13.2. The van der Waals surface area contributed by atoms with Gasteiger partial charge in [0.05, 0.1) is 6.07 Å². The molecule has 1 aromatic carbocycles. The molecule has 1 aromatic rings. The Morgan fingerprint density at radius 3 is 2.56 bits per heavy atom. The van der Waals surface area contributed by atoms with E-state index < -0.39 is 5.54 Å². The summed E-state index contributed by atoms with van der Waals surface area (Å²) in [5.41, 5.74) is 0.493. The molecule has 0 bridgehead atoms. The molecule has 2 nitrogen and oxygen atoms in total. The van der Waals surface area contributed by atoms with Crippen LogP contribution < -0.4 is 5.32 Å². The molecule has 0 aromatic heterocycles. The van der Waals surface area contributed by atoms with E-state index in [0.29, 0.717) is 16.9 Å². The summed E-state index contributed by atoms with van der Waals surface area (Å²) < 4.78 is 0. The highest BCUT2D eigenvalue weighted by Crippen LogP contribution is 2.38. The third-order valence-electron chi connectivity index (χ3n) is 3.62. The molecule has 1 aliphatic carbocycles. The van der Waals surface area contributed by atoms with Crippen LogP contribution in [0.3, 0.4) is 0 Å². The number of hydrogen-bond donors (Lipinski definition) is 1. The van der Waals surface area contributed by atoms with Gasteiger partial charge in [-0.15, -0.1) is 0 Å². The predicted octanol–water partition coefficient (Wildman–Crippen LogP) is 4.47. The second kappa shape index (κ2) is 5.20. The van der Waals surface area contributed by atoms with Crippen molar-refractivity contribution in [3.8, 4) is 6.07 Å². The van der Waals surface area contributed by atoms with Gasteiger partial charge in [0.2, 0.25) is 0 Å². The van der Waals surface area contributed by atoms with E-state index in [1.807, 2.05) is 24.3 Å². The summed E-state index contributed by atoms with van der Waals surface area (Å²) in [6.07, 6.45) is 3.02. The Balaban J connectivity index is 2.21. The molecule has 0 saturated heterocycles. The van der Waals surface area contributed by atoms with Crippen LogP contribution in [-0.4, -0.2) is 5.54 Å². The maximum absolute atomic E-state index is 9.56. The average molecular weight is 263 g/mol. The smallest absolute Gasteiger partial charge is 0.125 e. The Morgan fingerprint density at radius 1 is 1.33 bits per heavy atom. The first-order valence-electron chi connectivity index (χ1n) is 6.48. The molecule has 1 saturated carbocycles. The summed E-state index contributed by atoms with van der Waals surface area (Å²) in [4.78, 5) is 0. The minimum Gasteiger partial charge on any atom is -0.367 e. The summed E-state index contributed by atoms with van der Waals surface area (Å²) >= 11 is 5.99. The molecule has 2 unspecified atom stereocenters. The van der Waals surface area contributed by atoms with E-state index >= 15 is 0 Å².